The molecule has 0 bridgehead atoms. The van der Waals surface area contributed by atoms with E-state index in [0.29, 0.717) is 5.69 Å². The zero-order valence-electron chi connectivity index (χ0n) is 10.8. The topological polar surface area (TPSA) is 102 Å². The molecule has 0 fully saturated rings. The molecule has 0 unspecified atom stereocenters. The van der Waals surface area contributed by atoms with Crippen molar-refractivity contribution < 1.29 is 19.8 Å². The van der Waals surface area contributed by atoms with Gasteiger partial charge in [-0.25, -0.2) is 4.79 Å². The van der Waals surface area contributed by atoms with Crippen LogP contribution in [0.4, 0.5) is 5.69 Å². The van der Waals surface area contributed by atoms with E-state index >= 15 is 0 Å². The van der Waals surface area contributed by atoms with E-state index in [9.17, 15) is 9.59 Å². The summed E-state index contributed by atoms with van der Waals surface area (Å²) in [7, 11) is 0. The number of carboxylic acids is 1. The van der Waals surface area contributed by atoms with E-state index in [-0.39, 0.29) is 29.5 Å². The number of hydrogen-bond acceptors (Lipinski definition) is 3. The second kappa shape index (κ2) is 5.48. The van der Waals surface area contributed by atoms with E-state index in [1.165, 1.54) is 12.1 Å². The minimum Gasteiger partial charge on any atom is -0.508 e. The van der Waals surface area contributed by atoms with Gasteiger partial charge < -0.3 is 20.5 Å². The lowest BCUT2D eigenvalue weighted by Gasteiger charge is -2.04. The molecule has 20 heavy (non-hydrogen) atoms. The van der Waals surface area contributed by atoms with Gasteiger partial charge in [0.05, 0.1) is 12.1 Å². The summed E-state index contributed by atoms with van der Waals surface area (Å²) in [5, 5.41) is 20.7. The fraction of sp³-hybridized carbons (Fsp3) is 0.143. The van der Waals surface area contributed by atoms with E-state index in [1.54, 1.807) is 25.1 Å². The Morgan fingerprint density at radius 2 is 1.90 bits per heavy atom. The number of H-pyrrole nitrogens is 1. The summed E-state index contributed by atoms with van der Waals surface area (Å²) in [5.74, 6) is -1.32. The first-order valence-corrected chi connectivity index (χ1v) is 5.96. The van der Waals surface area contributed by atoms with Crippen LogP contribution in [0.1, 0.15) is 21.7 Å². The molecular formula is C14H14N2O4. The van der Waals surface area contributed by atoms with Gasteiger partial charge in [0, 0.05) is 5.69 Å². The lowest BCUT2D eigenvalue weighted by molar-refractivity contribution is -0.115. The number of carboxylic acid groups (broad SMARTS) is 1. The number of nitrogens with one attached hydrogen (secondary N) is 2. The third-order valence-corrected chi connectivity index (χ3v) is 2.74. The molecule has 0 saturated heterocycles. The molecule has 104 valence electrons. The smallest absolute Gasteiger partial charge is 0.354 e. The molecule has 0 aliphatic heterocycles. The molecule has 0 radical (unpaired) electrons. The summed E-state index contributed by atoms with van der Waals surface area (Å²) in [6.07, 6.45) is 0.101. The number of hydrogen-bond donors (Lipinski definition) is 4. The zero-order chi connectivity index (χ0) is 14.7. The van der Waals surface area contributed by atoms with Crippen molar-refractivity contribution in [3.8, 4) is 5.75 Å². The molecule has 6 nitrogen and oxygen atoms in total. The van der Waals surface area contributed by atoms with Gasteiger partial charge in [0.25, 0.3) is 0 Å². The lowest BCUT2D eigenvalue weighted by atomic mass is 10.1. The van der Waals surface area contributed by atoms with Gasteiger partial charge in [-0.2, -0.15) is 0 Å². The van der Waals surface area contributed by atoms with E-state index in [0.717, 1.165) is 5.56 Å². The van der Waals surface area contributed by atoms with Crippen LogP contribution in [-0.4, -0.2) is 27.1 Å². The highest BCUT2D eigenvalue weighted by Crippen LogP contribution is 2.17. The van der Waals surface area contributed by atoms with Crippen LogP contribution in [0.5, 0.6) is 5.75 Å². The molecule has 1 aromatic heterocycles. The fourth-order valence-electron chi connectivity index (χ4n) is 1.85. The fourth-order valence-corrected chi connectivity index (χ4v) is 1.85. The number of rotatable bonds is 4. The van der Waals surface area contributed by atoms with E-state index in [4.69, 9.17) is 10.2 Å². The number of phenols is 1. The van der Waals surface area contributed by atoms with Gasteiger partial charge >= 0.3 is 5.97 Å². The van der Waals surface area contributed by atoms with Gasteiger partial charge in [-0.1, -0.05) is 12.1 Å². The number of aryl methyl sites for hydroxylation is 1. The number of carbonyl (C=O) groups excluding carboxylic acids is 1. The maximum Gasteiger partial charge on any atom is 0.354 e. The van der Waals surface area contributed by atoms with E-state index in [2.05, 4.69) is 10.3 Å². The van der Waals surface area contributed by atoms with Crippen LogP contribution in [0.15, 0.2) is 30.3 Å². The molecule has 2 aromatic rings. The Morgan fingerprint density at radius 1 is 1.25 bits per heavy atom. The maximum atomic E-state index is 11.9. The first-order chi connectivity index (χ1) is 9.45. The first-order valence-electron chi connectivity index (χ1n) is 5.96. The Labute approximate surface area is 115 Å². The molecule has 1 amide bonds. The molecule has 0 saturated carbocycles. The number of benzene rings is 1. The number of aromatic amines is 1. The van der Waals surface area contributed by atoms with Crippen LogP contribution in [-0.2, 0) is 11.2 Å². The first kappa shape index (κ1) is 13.7. The van der Waals surface area contributed by atoms with Crippen molar-refractivity contribution in [3.05, 3.63) is 47.3 Å². The second-order valence-electron chi connectivity index (χ2n) is 4.44. The number of aromatic hydroxyl groups is 1. The number of carbonyl (C=O) groups is 2. The summed E-state index contributed by atoms with van der Waals surface area (Å²) in [6.45, 7) is 1.71. The summed E-state index contributed by atoms with van der Waals surface area (Å²) in [4.78, 5) is 25.5. The van der Waals surface area contributed by atoms with Crippen molar-refractivity contribution in [2.75, 3.05) is 5.32 Å². The number of amides is 1. The number of anilines is 1. The Balaban J connectivity index is 2.08. The highest BCUT2D eigenvalue weighted by Gasteiger charge is 2.15. The van der Waals surface area contributed by atoms with Crippen molar-refractivity contribution in [1.82, 2.24) is 4.98 Å². The maximum absolute atomic E-state index is 11.9. The minimum absolute atomic E-state index is 0.0402. The molecule has 6 heteroatoms. The highest BCUT2D eigenvalue weighted by molar-refractivity contribution is 6.00. The Kier molecular flexibility index (Phi) is 3.74. The zero-order valence-corrected chi connectivity index (χ0v) is 10.8. The number of aromatic carboxylic acids is 1. The van der Waals surface area contributed by atoms with Crippen molar-refractivity contribution in [2.45, 2.75) is 13.3 Å². The Bertz CT molecular complexity index is 644. The molecule has 1 heterocycles. The third kappa shape index (κ3) is 3.17. The van der Waals surface area contributed by atoms with Crippen molar-refractivity contribution in [2.24, 2.45) is 0 Å². The summed E-state index contributed by atoms with van der Waals surface area (Å²) >= 11 is 0. The summed E-state index contributed by atoms with van der Waals surface area (Å²) in [5.41, 5.74) is 1.59. The van der Waals surface area contributed by atoms with Crippen molar-refractivity contribution >= 4 is 17.6 Å². The molecule has 1 aromatic carbocycles. The predicted molar refractivity (Wildman–Crippen MR) is 72.9 cm³/mol. The third-order valence-electron chi connectivity index (χ3n) is 2.74. The largest absolute Gasteiger partial charge is 0.508 e. The van der Waals surface area contributed by atoms with Crippen LogP contribution in [0, 0.1) is 6.92 Å². The molecule has 0 aliphatic carbocycles. The second-order valence-corrected chi connectivity index (χ2v) is 4.44. The average molecular weight is 274 g/mol. The average Bonchev–Trinajstić information content (AvgIpc) is 2.73. The normalized spacial score (nSPS) is 10.2. The van der Waals surface area contributed by atoms with Gasteiger partial charge in [0.15, 0.2) is 0 Å². The van der Waals surface area contributed by atoms with Crippen LogP contribution in [0.25, 0.3) is 0 Å². The van der Waals surface area contributed by atoms with E-state index < -0.39 is 5.97 Å². The molecule has 2 rings (SSSR count). The number of aromatic nitrogens is 1. The number of phenolic OH excluding ortho intramolecular Hbond substituents is 1. The summed E-state index contributed by atoms with van der Waals surface area (Å²) < 4.78 is 0. The van der Waals surface area contributed by atoms with Gasteiger partial charge in [0.2, 0.25) is 5.91 Å². The van der Waals surface area contributed by atoms with Gasteiger partial charge in [-0.15, -0.1) is 0 Å². The van der Waals surface area contributed by atoms with Gasteiger partial charge in [-0.3, -0.25) is 4.79 Å². The SMILES string of the molecule is Cc1cc(NC(=O)Cc2ccc(O)cc2)c(C(=O)O)[nH]1. The monoisotopic (exact) mass is 274 g/mol. The van der Waals surface area contributed by atoms with Crippen molar-refractivity contribution in [1.29, 1.82) is 0 Å². The molecule has 0 spiro atoms. The Morgan fingerprint density at radius 3 is 2.50 bits per heavy atom. The Hall–Kier alpha value is -2.76. The van der Waals surface area contributed by atoms with Gasteiger partial charge in [-0.05, 0) is 30.7 Å². The van der Waals surface area contributed by atoms with Crippen LogP contribution >= 0.6 is 0 Å². The van der Waals surface area contributed by atoms with Crippen molar-refractivity contribution in [3.63, 3.8) is 0 Å². The van der Waals surface area contributed by atoms with Gasteiger partial charge in [0.1, 0.15) is 11.4 Å². The minimum atomic E-state index is -1.13. The molecule has 0 atom stereocenters. The van der Waals surface area contributed by atoms with Crippen LogP contribution < -0.4 is 5.32 Å². The van der Waals surface area contributed by atoms with E-state index in [1.807, 2.05) is 0 Å². The standard InChI is InChI=1S/C14H14N2O4/c1-8-6-11(13(15-8)14(19)20)16-12(18)7-9-2-4-10(17)5-3-9/h2-6,15,17H,7H2,1H3,(H,16,18)(H,19,20). The lowest BCUT2D eigenvalue weighted by Crippen LogP contribution is -2.16. The van der Waals surface area contributed by atoms with Crippen LogP contribution in [0.3, 0.4) is 0 Å². The van der Waals surface area contributed by atoms with Crippen LogP contribution in [0.2, 0.25) is 0 Å². The molecule has 4 N–H and O–H groups in total. The molecule has 0 aliphatic rings. The molecular weight excluding hydrogens is 260 g/mol. The predicted octanol–water partition coefficient (Wildman–Crippen LogP) is 1.91. The summed E-state index contributed by atoms with van der Waals surface area (Å²) in [6, 6.07) is 7.82. The quantitative estimate of drug-likeness (QED) is 0.683. The highest BCUT2D eigenvalue weighted by atomic mass is 16.4.